The van der Waals surface area contributed by atoms with Crippen LogP contribution in [0.15, 0.2) is 18.2 Å². The molecule has 1 aliphatic heterocycles. The molecule has 1 aliphatic rings. The number of benzene rings is 1. The fourth-order valence-electron chi connectivity index (χ4n) is 2.44. The Bertz CT molecular complexity index is 532. The average molecular weight is 416 g/mol. The minimum Gasteiger partial charge on any atom is -0.444 e. The van der Waals surface area contributed by atoms with Crippen LogP contribution in [-0.2, 0) is 11.3 Å². The molecule has 1 aromatic carbocycles. The molecule has 0 unspecified atom stereocenters. The number of carbonyl (C=O) groups excluding carboxylic acids is 1. The van der Waals surface area contributed by atoms with Gasteiger partial charge in [-0.05, 0) is 61.9 Å². The summed E-state index contributed by atoms with van der Waals surface area (Å²) in [4.78, 5) is 16.3. The number of rotatable bonds is 2. The van der Waals surface area contributed by atoms with Crippen molar-refractivity contribution in [3.05, 3.63) is 32.9 Å². The molecule has 0 aliphatic carbocycles. The van der Waals surface area contributed by atoms with Crippen LogP contribution in [0.3, 0.4) is 0 Å². The van der Waals surface area contributed by atoms with E-state index in [1.807, 2.05) is 25.7 Å². The van der Waals surface area contributed by atoms with Crippen LogP contribution in [0, 0.1) is 10.5 Å². The molecular formula is C17H25IN2O2. The van der Waals surface area contributed by atoms with Crippen LogP contribution >= 0.6 is 22.6 Å². The van der Waals surface area contributed by atoms with Crippen molar-refractivity contribution in [2.75, 3.05) is 26.2 Å². The summed E-state index contributed by atoms with van der Waals surface area (Å²) >= 11 is 2.40. The van der Waals surface area contributed by atoms with E-state index in [1.54, 1.807) is 0 Å². The molecule has 0 aromatic heterocycles. The molecule has 5 heteroatoms. The maximum absolute atomic E-state index is 12.1. The molecular weight excluding hydrogens is 391 g/mol. The second-order valence-corrected chi connectivity index (χ2v) is 8.00. The normalized spacial score (nSPS) is 16.7. The van der Waals surface area contributed by atoms with Gasteiger partial charge in [-0.1, -0.05) is 17.7 Å². The Balaban J connectivity index is 1.86. The van der Waals surface area contributed by atoms with E-state index in [0.29, 0.717) is 0 Å². The van der Waals surface area contributed by atoms with Gasteiger partial charge in [-0.3, -0.25) is 4.90 Å². The number of piperazine rings is 1. The number of carbonyl (C=O) groups is 1. The first kappa shape index (κ1) is 17.5. The molecule has 4 nitrogen and oxygen atoms in total. The number of aryl methyl sites for hydroxylation is 1. The first-order valence-corrected chi connectivity index (χ1v) is 8.78. The smallest absolute Gasteiger partial charge is 0.410 e. The summed E-state index contributed by atoms with van der Waals surface area (Å²) in [5.74, 6) is 0. The molecule has 1 fully saturated rings. The SMILES string of the molecule is Cc1ccc(CN2CCN(C(=O)OC(C)(C)C)CC2)c(I)c1. The first-order valence-electron chi connectivity index (χ1n) is 7.70. The molecule has 0 radical (unpaired) electrons. The first-order chi connectivity index (χ1) is 10.2. The predicted octanol–water partition coefficient (Wildman–Crippen LogP) is 3.65. The number of hydrogen-bond acceptors (Lipinski definition) is 3. The van der Waals surface area contributed by atoms with Gasteiger partial charge in [-0.25, -0.2) is 4.79 Å². The van der Waals surface area contributed by atoms with E-state index in [4.69, 9.17) is 4.74 Å². The molecule has 1 heterocycles. The van der Waals surface area contributed by atoms with E-state index >= 15 is 0 Å². The lowest BCUT2D eigenvalue weighted by Gasteiger charge is -2.35. The fraction of sp³-hybridized carbons (Fsp3) is 0.588. The van der Waals surface area contributed by atoms with Crippen LogP contribution < -0.4 is 0 Å². The number of hydrogen-bond donors (Lipinski definition) is 0. The third-order valence-corrected chi connectivity index (χ3v) is 4.63. The number of nitrogens with zero attached hydrogens (tertiary/aromatic N) is 2. The number of ether oxygens (including phenoxy) is 1. The van der Waals surface area contributed by atoms with E-state index < -0.39 is 5.60 Å². The zero-order valence-corrected chi connectivity index (χ0v) is 16.0. The topological polar surface area (TPSA) is 32.8 Å². The van der Waals surface area contributed by atoms with E-state index in [1.165, 1.54) is 14.7 Å². The minimum atomic E-state index is -0.424. The van der Waals surface area contributed by atoms with Gasteiger partial charge in [0.15, 0.2) is 0 Å². The summed E-state index contributed by atoms with van der Waals surface area (Å²) in [6, 6.07) is 6.58. The molecule has 1 amide bonds. The van der Waals surface area contributed by atoms with Gasteiger partial charge in [-0.15, -0.1) is 0 Å². The highest BCUT2D eigenvalue weighted by Gasteiger charge is 2.25. The minimum absolute atomic E-state index is 0.197. The Morgan fingerprint density at radius 3 is 2.41 bits per heavy atom. The van der Waals surface area contributed by atoms with Crippen LogP contribution in [0.1, 0.15) is 31.9 Å². The van der Waals surface area contributed by atoms with Crippen LogP contribution in [0.2, 0.25) is 0 Å². The second kappa shape index (κ2) is 7.17. The van der Waals surface area contributed by atoms with Crippen LogP contribution in [-0.4, -0.2) is 47.7 Å². The second-order valence-electron chi connectivity index (χ2n) is 6.84. The maximum Gasteiger partial charge on any atom is 0.410 e. The number of amides is 1. The Labute approximate surface area is 146 Å². The third kappa shape index (κ3) is 5.12. The lowest BCUT2D eigenvalue weighted by atomic mass is 10.1. The lowest BCUT2D eigenvalue weighted by Crippen LogP contribution is -2.49. The maximum atomic E-state index is 12.1. The summed E-state index contributed by atoms with van der Waals surface area (Å²) in [5, 5.41) is 0. The Hall–Kier alpha value is -0.820. The summed E-state index contributed by atoms with van der Waals surface area (Å²) < 4.78 is 6.74. The monoisotopic (exact) mass is 416 g/mol. The Kier molecular flexibility index (Phi) is 5.71. The van der Waals surface area contributed by atoms with E-state index in [0.717, 1.165) is 32.7 Å². The van der Waals surface area contributed by atoms with Gasteiger partial charge in [0.2, 0.25) is 0 Å². The van der Waals surface area contributed by atoms with Crippen molar-refractivity contribution in [2.45, 2.75) is 39.8 Å². The van der Waals surface area contributed by atoms with Gasteiger partial charge < -0.3 is 9.64 Å². The van der Waals surface area contributed by atoms with Gasteiger partial charge in [0.05, 0.1) is 0 Å². The van der Waals surface area contributed by atoms with Crippen molar-refractivity contribution in [2.24, 2.45) is 0 Å². The zero-order chi connectivity index (χ0) is 16.3. The van der Waals surface area contributed by atoms with E-state index in [-0.39, 0.29) is 6.09 Å². The highest BCUT2D eigenvalue weighted by atomic mass is 127. The van der Waals surface area contributed by atoms with Crippen LogP contribution in [0.4, 0.5) is 4.79 Å². The van der Waals surface area contributed by atoms with E-state index in [9.17, 15) is 4.79 Å². The molecule has 0 bridgehead atoms. The fourth-order valence-corrected chi connectivity index (χ4v) is 3.28. The van der Waals surface area contributed by atoms with Crippen LogP contribution in [0.5, 0.6) is 0 Å². The van der Waals surface area contributed by atoms with Gasteiger partial charge in [0.1, 0.15) is 5.60 Å². The standard InChI is InChI=1S/C17H25IN2O2/c1-13-5-6-14(15(18)11-13)12-19-7-9-20(10-8-19)16(21)22-17(2,3)4/h5-6,11H,7-10,12H2,1-4H3. The molecule has 0 atom stereocenters. The molecule has 22 heavy (non-hydrogen) atoms. The highest BCUT2D eigenvalue weighted by Crippen LogP contribution is 2.18. The van der Waals surface area contributed by atoms with Crippen molar-refractivity contribution >= 4 is 28.7 Å². The number of halogens is 1. The van der Waals surface area contributed by atoms with Crippen molar-refractivity contribution in [1.29, 1.82) is 0 Å². The Morgan fingerprint density at radius 1 is 1.23 bits per heavy atom. The van der Waals surface area contributed by atoms with Crippen LogP contribution in [0.25, 0.3) is 0 Å². The van der Waals surface area contributed by atoms with Gasteiger partial charge in [-0.2, -0.15) is 0 Å². The molecule has 0 saturated carbocycles. The van der Waals surface area contributed by atoms with Crippen molar-refractivity contribution in [1.82, 2.24) is 9.80 Å². The Morgan fingerprint density at radius 2 is 1.86 bits per heavy atom. The van der Waals surface area contributed by atoms with Gasteiger partial charge in [0.25, 0.3) is 0 Å². The third-order valence-electron chi connectivity index (χ3n) is 3.63. The highest BCUT2D eigenvalue weighted by molar-refractivity contribution is 14.1. The van der Waals surface area contributed by atoms with Crippen molar-refractivity contribution in [3.63, 3.8) is 0 Å². The summed E-state index contributed by atoms with van der Waals surface area (Å²) in [7, 11) is 0. The zero-order valence-electron chi connectivity index (χ0n) is 13.9. The lowest BCUT2D eigenvalue weighted by molar-refractivity contribution is 0.0139. The molecule has 1 aromatic rings. The molecule has 1 saturated heterocycles. The van der Waals surface area contributed by atoms with Gasteiger partial charge in [0, 0.05) is 36.3 Å². The summed E-state index contributed by atoms with van der Waals surface area (Å²) in [5.41, 5.74) is 2.23. The molecule has 122 valence electrons. The van der Waals surface area contributed by atoms with Crippen molar-refractivity contribution in [3.8, 4) is 0 Å². The predicted molar refractivity (Wildman–Crippen MR) is 97.0 cm³/mol. The average Bonchev–Trinajstić information content (AvgIpc) is 2.41. The van der Waals surface area contributed by atoms with E-state index in [2.05, 4.69) is 52.6 Å². The van der Waals surface area contributed by atoms with Crippen molar-refractivity contribution < 1.29 is 9.53 Å². The summed E-state index contributed by atoms with van der Waals surface area (Å²) in [6.45, 7) is 12.0. The quantitative estimate of drug-likeness (QED) is 0.691. The van der Waals surface area contributed by atoms with Gasteiger partial charge >= 0.3 is 6.09 Å². The largest absolute Gasteiger partial charge is 0.444 e. The molecule has 2 rings (SSSR count). The summed E-state index contributed by atoms with van der Waals surface area (Å²) in [6.07, 6.45) is -0.197. The molecule has 0 spiro atoms. The molecule has 0 N–H and O–H groups in total.